The SMILES string of the molecule is Cc1nc(-c2ccc(C(F)(F)F)cc2)ccc1NC(=O)Cc1cccc(OC(C)(C)C(=O)OC(C)(C)C)c1. The summed E-state index contributed by atoms with van der Waals surface area (Å²) in [5.41, 5.74) is 0.0938. The zero-order chi connectivity index (χ0) is 28.3. The molecule has 0 saturated carbocycles. The van der Waals surface area contributed by atoms with Crippen LogP contribution < -0.4 is 10.1 Å². The number of nitrogens with zero attached hydrogens (tertiary/aromatic N) is 1. The standard InChI is InChI=1S/C29H31F3N2O4/c1-18-23(14-15-24(33-18)20-10-12-21(13-11-20)29(30,31)32)34-25(35)17-19-8-7-9-22(16-19)37-28(5,6)26(36)38-27(2,3)4/h7-16H,17H2,1-6H3,(H,34,35). The van der Waals surface area contributed by atoms with Gasteiger partial charge in [-0.05, 0) is 83.5 Å². The van der Waals surface area contributed by atoms with Crippen molar-refractivity contribution in [3.63, 3.8) is 0 Å². The van der Waals surface area contributed by atoms with Crippen molar-refractivity contribution in [3.8, 4) is 17.0 Å². The quantitative estimate of drug-likeness (QED) is 0.343. The van der Waals surface area contributed by atoms with Gasteiger partial charge in [-0.1, -0.05) is 24.3 Å². The summed E-state index contributed by atoms with van der Waals surface area (Å²) in [4.78, 5) is 29.6. The van der Waals surface area contributed by atoms with Crippen LogP contribution in [-0.2, 0) is 26.9 Å². The number of pyridine rings is 1. The second kappa shape index (κ2) is 10.8. The molecule has 0 aliphatic rings. The molecule has 0 aliphatic heterocycles. The van der Waals surface area contributed by atoms with Gasteiger partial charge in [0.25, 0.3) is 0 Å². The molecule has 0 aliphatic carbocycles. The lowest BCUT2D eigenvalue weighted by Gasteiger charge is -2.29. The Labute approximate surface area is 220 Å². The predicted octanol–water partition coefficient (Wildman–Crippen LogP) is 6.76. The van der Waals surface area contributed by atoms with E-state index in [1.165, 1.54) is 12.1 Å². The number of rotatable bonds is 7. The number of aryl methyl sites for hydroxylation is 1. The van der Waals surface area contributed by atoms with Crippen LogP contribution in [0.15, 0.2) is 60.7 Å². The van der Waals surface area contributed by atoms with Crippen LogP contribution in [0.3, 0.4) is 0 Å². The highest BCUT2D eigenvalue weighted by molar-refractivity contribution is 5.93. The molecule has 1 amide bonds. The Morgan fingerprint density at radius 3 is 2.16 bits per heavy atom. The molecular weight excluding hydrogens is 497 g/mol. The molecule has 0 bridgehead atoms. The third kappa shape index (κ3) is 7.81. The summed E-state index contributed by atoms with van der Waals surface area (Å²) in [7, 11) is 0. The second-order valence-corrected chi connectivity index (χ2v) is 10.4. The zero-order valence-corrected chi connectivity index (χ0v) is 22.2. The number of ether oxygens (including phenoxy) is 2. The maximum absolute atomic E-state index is 12.8. The normalized spacial score (nSPS) is 12.1. The molecule has 1 N–H and O–H groups in total. The van der Waals surface area contributed by atoms with Gasteiger partial charge in [-0.25, -0.2) is 4.79 Å². The summed E-state index contributed by atoms with van der Waals surface area (Å²) >= 11 is 0. The first-order valence-electron chi connectivity index (χ1n) is 12.0. The number of carbonyl (C=O) groups is 2. The number of amides is 1. The molecule has 2 aromatic carbocycles. The predicted molar refractivity (Wildman–Crippen MR) is 139 cm³/mol. The van der Waals surface area contributed by atoms with E-state index in [0.717, 1.165) is 12.1 Å². The van der Waals surface area contributed by atoms with E-state index in [0.29, 0.717) is 34.0 Å². The van der Waals surface area contributed by atoms with Gasteiger partial charge in [-0.2, -0.15) is 13.2 Å². The average Bonchev–Trinajstić information content (AvgIpc) is 2.78. The Balaban J connectivity index is 1.65. The fourth-order valence-electron chi connectivity index (χ4n) is 3.52. The number of carbonyl (C=O) groups excluding carboxylic acids is 2. The molecule has 1 aromatic heterocycles. The van der Waals surface area contributed by atoms with Gasteiger partial charge in [0.1, 0.15) is 11.4 Å². The monoisotopic (exact) mass is 528 g/mol. The van der Waals surface area contributed by atoms with Crippen molar-refractivity contribution in [2.24, 2.45) is 0 Å². The van der Waals surface area contributed by atoms with Crippen molar-refractivity contribution in [1.29, 1.82) is 0 Å². The third-order valence-electron chi connectivity index (χ3n) is 5.39. The van der Waals surface area contributed by atoms with E-state index in [-0.39, 0.29) is 12.3 Å². The Hall–Kier alpha value is -3.88. The topological polar surface area (TPSA) is 77.5 Å². The van der Waals surface area contributed by atoms with Crippen LogP contribution >= 0.6 is 0 Å². The lowest BCUT2D eigenvalue weighted by Crippen LogP contribution is -2.43. The van der Waals surface area contributed by atoms with Gasteiger partial charge >= 0.3 is 12.1 Å². The molecule has 0 radical (unpaired) electrons. The minimum atomic E-state index is -4.41. The maximum Gasteiger partial charge on any atom is 0.416 e. The van der Waals surface area contributed by atoms with E-state index >= 15 is 0 Å². The molecule has 0 fully saturated rings. The van der Waals surface area contributed by atoms with Crippen molar-refractivity contribution >= 4 is 17.6 Å². The summed E-state index contributed by atoms with van der Waals surface area (Å²) < 4.78 is 49.7. The van der Waals surface area contributed by atoms with Crippen LogP contribution in [0.5, 0.6) is 5.75 Å². The molecule has 0 atom stereocenters. The van der Waals surface area contributed by atoms with Crippen LogP contribution in [0.2, 0.25) is 0 Å². The molecular formula is C29H31F3N2O4. The lowest BCUT2D eigenvalue weighted by molar-refractivity contribution is -0.171. The van der Waals surface area contributed by atoms with E-state index in [1.54, 1.807) is 77.9 Å². The lowest BCUT2D eigenvalue weighted by atomic mass is 10.1. The van der Waals surface area contributed by atoms with Crippen LogP contribution in [0, 0.1) is 6.92 Å². The minimum absolute atomic E-state index is 0.0458. The number of anilines is 1. The van der Waals surface area contributed by atoms with Crippen LogP contribution in [-0.4, -0.2) is 28.1 Å². The Bertz CT molecular complexity index is 1310. The second-order valence-electron chi connectivity index (χ2n) is 10.4. The highest BCUT2D eigenvalue weighted by Gasteiger charge is 2.35. The first-order chi connectivity index (χ1) is 17.5. The van der Waals surface area contributed by atoms with Gasteiger partial charge in [0, 0.05) is 5.56 Å². The van der Waals surface area contributed by atoms with E-state index in [9.17, 15) is 22.8 Å². The van der Waals surface area contributed by atoms with Crippen molar-refractivity contribution in [2.45, 2.75) is 65.3 Å². The van der Waals surface area contributed by atoms with E-state index < -0.39 is 28.9 Å². The first kappa shape index (κ1) is 28.7. The van der Waals surface area contributed by atoms with Gasteiger partial charge in [0.2, 0.25) is 5.91 Å². The van der Waals surface area contributed by atoms with Gasteiger partial charge in [-0.15, -0.1) is 0 Å². The Kier molecular flexibility index (Phi) is 8.19. The Morgan fingerprint density at radius 1 is 0.921 bits per heavy atom. The van der Waals surface area contributed by atoms with Crippen molar-refractivity contribution in [3.05, 3.63) is 77.5 Å². The number of halogens is 3. The summed E-state index contributed by atoms with van der Waals surface area (Å²) in [6, 6.07) is 14.9. The summed E-state index contributed by atoms with van der Waals surface area (Å²) in [6.07, 6.45) is -4.36. The van der Waals surface area contributed by atoms with Gasteiger partial charge < -0.3 is 14.8 Å². The number of alkyl halides is 3. The summed E-state index contributed by atoms with van der Waals surface area (Å²) in [6.45, 7) is 10.3. The fraction of sp³-hybridized carbons (Fsp3) is 0.345. The number of hydrogen-bond donors (Lipinski definition) is 1. The third-order valence-corrected chi connectivity index (χ3v) is 5.39. The molecule has 0 spiro atoms. The molecule has 0 unspecified atom stereocenters. The number of benzene rings is 2. The van der Waals surface area contributed by atoms with Crippen LogP contribution in [0.4, 0.5) is 18.9 Å². The van der Waals surface area contributed by atoms with Crippen molar-refractivity contribution in [1.82, 2.24) is 4.98 Å². The smallest absolute Gasteiger partial charge is 0.416 e. The van der Waals surface area contributed by atoms with Gasteiger partial charge in [0.05, 0.1) is 29.1 Å². The largest absolute Gasteiger partial charge is 0.476 e. The van der Waals surface area contributed by atoms with Gasteiger partial charge in [-0.3, -0.25) is 9.78 Å². The highest BCUT2D eigenvalue weighted by Crippen LogP contribution is 2.31. The summed E-state index contributed by atoms with van der Waals surface area (Å²) in [5, 5.41) is 2.81. The van der Waals surface area contributed by atoms with Crippen LogP contribution in [0.1, 0.15) is 51.4 Å². The molecule has 0 saturated heterocycles. The fourth-order valence-corrected chi connectivity index (χ4v) is 3.52. The number of esters is 1. The molecule has 9 heteroatoms. The van der Waals surface area contributed by atoms with Crippen molar-refractivity contribution in [2.75, 3.05) is 5.32 Å². The molecule has 6 nitrogen and oxygen atoms in total. The molecule has 1 heterocycles. The number of nitrogens with one attached hydrogen (secondary N) is 1. The van der Waals surface area contributed by atoms with E-state index in [1.807, 2.05) is 0 Å². The molecule has 202 valence electrons. The molecule has 3 aromatic rings. The molecule has 3 rings (SSSR count). The number of hydrogen-bond acceptors (Lipinski definition) is 5. The van der Waals surface area contributed by atoms with E-state index in [2.05, 4.69) is 10.3 Å². The summed E-state index contributed by atoms with van der Waals surface area (Å²) in [5.74, 6) is -0.374. The Morgan fingerprint density at radius 2 is 1.58 bits per heavy atom. The number of aromatic nitrogens is 1. The van der Waals surface area contributed by atoms with Crippen LogP contribution in [0.25, 0.3) is 11.3 Å². The highest BCUT2D eigenvalue weighted by atomic mass is 19.4. The average molecular weight is 529 g/mol. The van der Waals surface area contributed by atoms with E-state index in [4.69, 9.17) is 9.47 Å². The minimum Gasteiger partial charge on any atom is -0.476 e. The molecule has 38 heavy (non-hydrogen) atoms. The zero-order valence-electron chi connectivity index (χ0n) is 22.2. The first-order valence-corrected chi connectivity index (χ1v) is 12.0. The van der Waals surface area contributed by atoms with Crippen molar-refractivity contribution < 1.29 is 32.2 Å². The van der Waals surface area contributed by atoms with Gasteiger partial charge in [0.15, 0.2) is 5.60 Å². The maximum atomic E-state index is 12.8.